The van der Waals surface area contributed by atoms with E-state index in [1.54, 1.807) is 0 Å². The van der Waals surface area contributed by atoms with Gasteiger partial charge in [-0.15, -0.1) is 13.2 Å². The molecule has 0 atom stereocenters. The Morgan fingerprint density at radius 2 is 1.75 bits per heavy atom. The molecule has 0 bridgehead atoms. The van der Waals surface area contributed by atoms with E-state index in [9.17, 15) is 0 Å². The molecular weight excluding hydrogens is 148 g/mol. The third kappa shape index (κ3) is 4.35. The maximum atomic E-state index is 8.71. The number of allylic oxidation sites excluding steroid dienone is 2. The van der Waals surface area contributed by atoms with Gasteiger partial charge in [-0.2, -0.15) is 0 Å². The van der Waals surface area contributed by atoms with E-state index in [1.807, 2.05) is 12.2 Å². The Morgan fingerprint density at radius 1 is 1.25 bits per heavy atom. The van der Waals surface area contributed by atoms with Gasteiger partial charge in [0.15, 0.2) is 0 Å². The zero-order valence-electron chi connectivity index (χ0n) is 8.05. The molecule has 0 spiro atoms. The Balaban J connectivity index is 3.96. The molecule has 0 aliphatic heterocycles. The lowest BCUT2D eigenvalue weighted by Crippen LogP contribution is -2.14. The Labute approximate surface area is 75.8 Å². The molecule has 70 valence electrons. The van der Waals surface area contributed by atoms with Gasteiger partial charge in [0.2, 0.25) is 0 Å². The second kappa shape index (κ2) is 6.01. The molecule has 0 aliphatic rings. The van der Waals surface area contributed by atoms with Crippen LogP contribution in [0, 0.1) is 5.41 Å². The summed E-state index contributed by atoms with van der Waals surface area (Å²) in [6, 6.07) is 0. The van der Waals surface area contributed by atoms with Crippen LogP contribution in [0.2, 0.25) is 0 Å². The van der Waals surface area contributed by atoms with Crippen LogP contribution in [0.5, 0.6) is 0 Å². The van der Waals surface area contributed by atoms with Crippen LogP contribution in [0.3, 0.4) is 0 Å². The molecule has 0 aliphatic carbocycles. The second-order valence-electron chi connectivity index (χ2n) is 3.62. The maximum Gasteiger partial charge on any atom is 0.0431 e. The van der Waals surface area contributed by atoms with Gasteiger partial charge in [0.05, 0.1) is 0 Å². The van der Waals surface area contributed by atoms with E-state index in [2.05, 4.69) is 20.1 Å². The quantitative estimate of drug-likeness (QED) is 0.579. The molecular formula is C11H20O. The molecule has 0 aromatic carbocycles. The largest absolute Gasteiger partial charge is 0.396 e. The first-order chi connectivity index (χ1) is 5.68. The lowest BCUT2D eigenvalue weighted by molar-refractivity contribution is 0.230. The maximum absolute atomic E-state index is 8.71. The summed E-state index contributed by atoms with van der Waals surface area (Å²) in [5.74, 6) is 0. The highest BCUT2D eigenvalue weighted by Gasteiger charge is 2.19. The van der Waals surface area contributed by atoms with Crippen molar-refractivity contribution in [3.8, 4) is 0 Å². The molecule has 12 heavy (non-hydrogen) atoms. The predicted octanol–water partition coefficient (Wildman–Crippen LogP) is 2.92. The van der Waals surface area contributed by atoms with Crippen molar-refractivity contribution in [2.45, 2.75) is 32.6 Å². The van der Waals surface area contributed by atoms with Gasteiger partial charge < -0.3 is 5.11 Å². The molecule has 0 aromatic rings. The van der Waals surface area contributed by atoms with Gasteiger partial charge in [0.25, 0.3) is 0 Å². The van der Waals surface area contributed by atoms with E-state index in [1.165, 1.54) is 0 Å². The Morgan fingerprint density at radius 3 is 2.08 bits per heavy atom. The van der Waals surface area contributed by atoms with Gasteiger partial charge >= 0.3 is 0 Å². The van der Waals surface area contributed by atoms with Crippen molar-refractivity contribution in [1.82, 2.24) is 0 Å². The minimum absolute atomic E-state index is 0.256. The number of aliphatic hydroxyl groups excluding tert-OH is 1. The van der Waals surface area contributed by atoms with Crippen LogP contribution in [0.15, 0.2) is 25.3 Å². The molecule has 0 rings (SSSR count). The van der Waals surface area contributed by atoms with Crippen LogP contribution in [0.25, 0.3) is 0 Å². The van der Waals surface area contributed by atoms with Crippen molar-refractivity contribution < 1.29 is 5.11 Å². The van der Waals surface area contributed by atoms with Crippen LogP contribution >= 0.6 is 0 Å². The smallest absolute Gasteiger partial charge is 0.0431 e. The summed E-state index contributed by atoms with van der Waals surface area (Å²) in [5.41, 5.74) is 0.256. The molecule has 0 saturated carbocycles. The zero-order valence-corrected chi connectivity index (χ0v) is 8.05. The number of hydrogen-bond donors (Lipinski definition) is 1. The molecule has 0 heterocycles. The van der Waals surface area contributed by atoms with Crippen molar-refractivity contribution in [1.29, 1.82) is 0 Å². The SMILES string of the molecule is C=CCC(C)(CC=C)CCCO. The Kier molecular flexibility index (Phi) is 5.73. The van der Waals surface area contributed by atoms with Gasteiger partial charge in [-0.1, -0.05) is 19.1 Å². The summed E-state index contributed by atoms with van der Waals surface area (Å²) in [6.45, 7) is 9.97. The molecule has 1 N–H and O–H groups in total. The highest BCUT2D eigenvalue weighted by molar-refractivity contribution is 4.88. The number of aliphatic hydroxyl groups is 1. The molecule has 1 nitrogen and oxygen atoms in total. The summed E-state index contributed by atoms with van der Waals surface area (Å²) in [6.07, 6.45) is 7.81. The van der Waals surface area contributed by atoms with Gasteiger partial charge in [-0.05, 0) is 31.1 Å². The number of rotatable bonds is 7. The third-order valence-corrected chi connectivity index (χ3v) is 2.21. The van der Waals surface area contributed by atoms with E-state index in [4.69, 9.17) is 5.11 Å². The van der Waals surface area contributed by atoms with Crippen LogP contribution in [-0.4, -0.2) is 11.7 Å². The fraction of sp³-hybridized carbons (Fsp3) is 0.636. The molecule has 0 amide bonds. The highest BCUT2D eigenvalue weighted by atomic mass is 16.2. The molecule has 0 radical (unpaired) electrons. The van der Waals surface area contributed by atoms with E-state index in [0.717, 1.165) is 25.7 Å². The Bertz CT molecular complexity index is 128. The van der Waals surface area contributed by atoms with Crippen molar-refractivity contribution in [3.63, 3.8) is 0 Å². The zero-order chi connectivity index (χ0) is 9.45. The lowest BCUT2D eigenvalue weighted by Gasteiger charge is -2.26. The first-order valence-electron chi connectivity index (χ1n) is 4.51. The third-order valence-electron chi connectivity index (χ3n) is 2.21. The van der Waals surface area contributed by atoms with Gasteiger partial charge in [0, 0.05) is 6.61 Å². The summed E-state index contributed by atoms with van der Waals surface area (Å²) in [5, 5.41) is 8.71. The van der Waals surface area contributed by atoms with Gasteiger partial charge in [-0.25, -0.2) is 0 Å². The van der Waals surface area contributed by atoms with Crippen LogP contribution < -0.4 is 0 Å². The molecule has 0 unspecified atom stereocenters. The normalized spacial score (nSPS) is 11.2. The Hall–Kier alpha value is -0.560. The molecule has 0 aromatic heterocycles. The standard InChI is InChI=1S/C11H20O/c1-4-7-11(3,8-5-2)9-6-10-12/h4-5,12H,1-2,6-10H2,3H3. The molecule has 0 saturated heterocycles. The fourth-order valence-corrected chi connectivity index (χ4v) is 1.49. The van der Waals surface area contributed by atoms with Crippen molar-refractivity contribution >= 4 is 0 Å². The fourth-order valence-electron chi connectivity index (χ4n) is 1.49. The number of hydrogen-bond acceptors (Lipinski definition) is 1. The highest BCUT2D eigenvalue weighted by Crippen LogP contribution is 2.32. The second-order valence-corrected chi connectivity index (χ2v) is 3.62. The summed E-state index contributed by atoms with van der Waals surface area (Å²) in [4.78, 5) is 0. The van der Waals surface area contributed by atoms with Crippen molar-refractivity contribution in [2.24, 2.45) is 5.41 Å². The summed E-state index contributed by atoms with van der Waals surface area (Å²) in [7, 11) is 0. The van der Waals surface area contributed by atoms with Gasteiger partial charge in [0.1, 0.15) is 0 Å². The summed E-state index contributed by atoms with van der Waals surface area (Å²) < 4.78 is 0. The van der Waals surface area contributed by atoms with Crippen LogP contribution in [0.4, 0.5) is 0 Å². The van der Waals surface area contributed by atoms with Crippen LogP contribution in [-0.2, 0) is 0 Å². The van der Waals surface area contributed by atoms with E-state index in [-0.39, 0.29) is 12.0 Å². The monoisotopic (exact) mass is 168 g/mol. The first kappa shape index (κ1) is 11.4. The van der Waals surface area contributed by atoms with E-state index >= 15 is 0 Å². The van der Waals surface area contributed by atoms with Gasteiger partial charge in [-0.3, -0.25) is 0 Å². The first-order valence-corrected chi connectivity index (χ1v) is 4.51. The average molecular weight is 168 g/mol. The predicted molar refractivity (Wildman–Crippen MR) is 54.1 cm³/mol. The van der Waals surface area contributed by atoms with E-state index < -0.39 is 0 Å². The molecule has 0 fully saturated rings. The average Bonchev–Trinajstić information content (AvgIpc) is 2.02. The van der Waals surface area contributed by atoms with Crippen molar-refractivity contribution in [3.05, 3.63) is 25.3 Å². The lowest BCUT2D eigenvalue weighted by atomic mass is 9.79. The van der Waals surface area contributed by atoms with Crippen LogP contribution in [0.1, 0.15) is 32.6 Å². The summed E-state index contributed by atoms with van der Waals surface area (Å²) >= 11 is 0. The minimum atomic E-state index is 0.256. The van der Waals surface area contributed by atoms with E-state index in [0.29, 0.717) is 0 Å². The molecule has 1 heteroatoms. The van der Waals surface area contributed by atoms with Crippen molar-refractivity contribution in [2.75, 3.05) is 6.61 Å². The minimum Gasteiger partial charge on any atom is -0.396 e. The topological polar surface area (TPSA) is 20.2 Å².